The van der Waals surface area contributed by atoms with Crippen LogP contribution in [0.25, 0.3) is 23.2 Å². The van der Waals surface area contributed by atoms with Crippen LogP contribution in [0, 0.1) is 6.92 Å². The molecule has 0 atom stereocenters. The van der Waals surface area contributed by atoms with Gasteiger partial charge in [0.1, 0.15) is 0 Å². The number of hydrogen-bond acceptors (Lipinski definition) is 5. The lowest BCUT2D eigenvalue weighted by molar-refractivity contribution is 0.925. The SMILES string of the molecule is Cc1ccc(/C=C/c2nc3s/c(=C/c4cccs4)c(=O)n3n2)cc1. The van der Waals surface area contributed by atoms with E-state index in [0.717, 1.165) is 10.4 Å². The van der Waals surface area contributed by atoms with Crippen molar-refractivity contribution in [2.75, 3.05) is 0 Å². The molecular weight excluding hydrogens is 338 g/mol. The Morgan fingerprint density at radius 2 is 1.96 bits per heavy atom. The summed E-state index contributed by atoms with van der Waals surface area (Å²) >= 11 is 2.96. The lowest BCUT2D eigenvalue weighted by atomic mass is 10.1. The van der Waals surface area contributed by atoms with Crippen LogP contribution < -0.4 is 10.1 Å². The second-order valence-corrected chi connectivity index (χ2v) is 7.33. The van der Waals surface area contributed by atoms with Crippen molar-refractivity contribution in [2.24, 2.45) is 0 Å². The molecule has 4 nitrogen and oxygen atoms in total. The first-order chi connectivity index (χ1) is 11.7. The van der Waals surface area contributed by atoms with E-state index >= 15 is 0 Å². The van der Waals surface area contributed by atoms with Crippen LogP contribution >= 0.6 is 22.7 Å². The van der Waals surface area contributed by atoms with Gasteiger partial charge < -0.3 is 0 Å². The van der Waals surface area contributed by atoms with Crippen LogP contribution in [-0.4, -0.2) is 14.6 Å². The number of benzene rings is 1. The molecule has 3 heterocycles. The number of fused-ring (bicyclic) bond motifs is 1. The highest BCUT2D eigenvalue weighted by Crippen LogP contribution is 2.11. The van der Waals surface area contributed by atoms with Crippen LogP contribution in [0.3, 0.4) is 0 Å². The zero-order valence-electron chi connectivity index (χ0n) is 12.8. The van der Waals surface area contributed by atoms with E-state index in [1.165, 1.54) is 21.4 Å². The number of thiophene rings is 1. The Morgan fingerprint density at radius 1 is 1.12 bits per heavy atom. The third-order valence-electron chi connectivity index (χ3n) is 3.52. The molecule has 0 bridgehead atoms. The maximum absolute atomic E-state index is 12.4. The van der Waals surface area contributed by atoms with E-state index in [1.807, 2.05) is 47.9 Å². The van der Waals surface area contributed by atoms with Gasteiger partial charge in [-0.25, -0.2) is 0 Å². The van der Waals surface area contributed by atoms with Gasteiger partial charge in [-0.15, -0.1) is 16.4 Å². The van der Waals surface area contributed by atoms with E-state index in [0.29, 0.717) is 15.3 Å². The van der Waals surface area contributed by atoms with Crippen LogP contribution in [0.4, 0.5) is 0 Å². The molecule has 1 aromatic carbocycles. The minimum absolute atomic E-state index is 0.120. The minimum atomic E-state index is -0.120. The van der Waals surface area contributed by atoms with Gasteiger partial charge in [-0.3, -0.25) is 4.79 Å². The summed E-state index contributed by atoms with van der Waals surface area (Å²) < 4.78 is 2.03. The van der Waals surface area contributed by atoms with Gasteiger partial charge in [0.15, 0.2) is 5.82 Å². The molecule has 4 rings (SSSR count). The first kappa shape index (κ1) is 15.0. The lowest BCUT2D eigenvalue weighted by Crippen LogP contribution is -2.23. The quantitative estimate of drug-likeness (QED) is 0.569. The second kappa shape index (κ2) is 6.14. The van der Waals surface area contributed by atoms with Crippen molar-refractivity contribution in [1.29, 1.82) is 0 Å². The van der Waals surface area contributed by atoms with Crippen LogP contribution in [0.5, 0.6) is 0 Å². The molecule has 0 radical (unpaired) electrons. The van der Waals surface area contributed by atoms with Gasteiger partial charge in [-0.1, -0.05) is 53.3 Å². The first-order valence-corrected chi connectivity index (χ1v) is 9.08. The summed E-state index contributed by atoms with van der Waals surface area (Å²) in [4.78, 5) is 18.5. The average Bonchev–Trinajstić information content (AvgIpc) is 3.28. The van der Waals surface area contributed by atoms with E-state index in [1.54, 1.807) is 11.3 Å². The molecule has 0 amide bonds. The topological polar surface area (TPSA) is 47.3 Å². The summed E-state index contributed by atoms with van der Waals surface area (Å²) in [6.45, 7) is 2.05. The number of rotatable bonds is 3. The molecule has 0 unspecified atom stereocenters. The van der Waals surface area contributed by atoms with Crippen molar-refractivity contribution in [3.8, 4) is 0 Å². The maximum atomic E-state index is 12.4. The first-order valence-electron chi connectivity index (χ1n) is 7.38. The summed E-state index contributed by atoms with van der Waals surface area (Å²) in [6.07, 6.45) is 5.66. The highest BCUT2D eigenvalue weighted by atomic mass is 32.1. The van der Waals surface area contributed by atoms with E-state index in [-0.39, 0.29) is 5.56 Å². The van der Waals surface area contributed by atoms with Gasteiger partial charge in [-0.05, 0) is 36.1 Å². The molecular formula is C18H13N3OS2. The molecule has 118 valence electrons. The van der Waals surface area contributed by atoms with E-state index in [2.05, 4.69) is 29.1 Å². The maximum Gasteiger partial charge on any atom is 0.291 e. The highest BCUT2D eigenvalue weighted by molar-refractivity contribution is 7.15. The third-order valence-corrected chi connectivity index (χ3v) is 5.30. The molecule has 0 aliphatic heterocycles. The van der Waals surface area contributed by atoms with Gasteiger partial charge >= 0.3 is 0 Å². The Labute approximate surface area is 146 Å². The van der Waals surface area contributed by atoms with Gasteiger partial charge in [0.2, 0.25) is 4.96 Å². The van der Waals surface area contributed by atoms with Crippen molar-refractivity contribution in [3.05, 3.63) is 78.5 Å². The van der Waals surface area contributed by atoms with Crippen molar-refractivity contribution >= 4 is 45.9 Å². The number of aryl methyl sites for hydroxylation is 1. The van der Waals surface area contributed by atoms with Crippen LogP contribution in [0.1, 0.15) is 21.8 Å². The molecule has 4 aromatic rings. The van der Waals surface area contributed by atoms with Gasteiger partial charge in [0.05, 0.1) is 4.53 Å². The fourth-order valence-corrected chi connectivity index (χ4v) is 3.91. The highest BCUT2D eigenvalue weighted by Gasteiger charge is 2.08. The predicted octanol–water partition coefficient (Wildman–Crippen LogP) is 3.24. The Balaban J connectivity index is 1.67. The Morgan fingerprint density at radius 3 is 2.67 bits per heavy atom. The number of aromatic nitrogens is 3. The second-order valence-electron chi connectivity index (χ2n) is 5.34. The minimum Gasteiger partial charge on any atom is -0.266 e. The van der Waals surface area contributed by atoms with E-state index < -0.39 is 0 Å². The standard InChI is InChI=1S/C18H13N3OS2/c1-12-4-6-13(7-5-12)8-9-16-19-18-21(20-16)17(22)15(24-18)11-14-3-2-10-23-14/h2-11H,1H3/b9-8+,15-11+. The van der Waals surface area contributed by atoms with Crippen LogP contribution in [-0.2, 0) is 0 Å². The monoisotopic (exact) mass is 351 g/mol. The van der Waals surface area contributed by atoms with Crippen molar-refractivity contribution in [3.63, 3.8) is 0 Å². The molecule has 0 aliphatic rings. The number of nitrogens with zero attached hydrogens (tertiary/aromatic N) is 3. The van der Waals surface area contributed by atoms with Crippen LogP contribution in [0.2, 0.25) is 0 Å². The van der Waals surface area contributed by atoms with Gasteiger partial charge in [0, 0.05) is 4.88 Å². The summed E-state index contributed by atoms with van der Waals surface area (Å²) in [6, 6.07) is 12.1. The summed E-state index contributed by atoms with van der Waals surface area (Å²) in [7, 11) is 0. The van der Waals surface area contributed by atoms with Crippen molar-refractivity contribution < 1.29 is 0 Å². The van der Waals surface area contributed by atoms with Crippen molar-refractivity contribution in [1.82, 2.24) is 14.6 Å². The Kier molecular flexibility index (Phi) is 3.84. The molecule has 0 aliphatic carbocycles. The zero-order valence-corrected chi connectivity index (χ0v) is 14.5. The number of hydrogen-bond donors (Lipinski definition) is 0. The molecule has 0 fully saturated rings. The normalized spacial score (nSPS) is 12.6. The fraction of sp³-hybridized carbons (Fsp3) is 0.0556. The van der Waals surface area contributed by atoms with Gasteiger partial charge in [-0.2, -0.15) is 9.50 Å². The average molecular weight is 351 g/mol. The number of thiazole rings is 1. The third kappa shape index (κ3) is 2.93. The molecule has 24 heavy (non-hydrogen) atoms. The summed E-state index contributed by atoms with van der Waals surface area (Å²) in [5.74, 6) is 0.543. The molecule has 0 saturated heterocycles. The van der Waals surface area contributed by atoms with Crippen molar-refractivity contribution in [2.45, 2.75) is 6.92 Å². The smallest absolute Gasteiger partial charge is 0.266 e. The molecule has 0 spiro atoms. The lowest BCUT2D eigenvalue weighted by Gasteiger charge is -1.93. The molecule has 3 aromatic heterocycles. The van der Waals surface area contributed by atoms with Crippen LogP contribution in [0.15, 0.2) is 46.6 Å². The Bertz CT molecular complexity index is 1120. The largest absolute Gasteiger partial charge is 0.291 e. The van der Waals surface area contributed by atoms with E-state index in [9.17, 15) is 4.79 Å². The Hall–Kier alpha value is -2.57. The molecule has 6 heteroatoms. The molecule has 0 saturated carbocycles. The zero-order chi connectivity index (χ0) is 16.5. The molecule has 0 N–H and O–H groups in total. The summed E-state index contributed by atoms with van der Waals surface area (Å²) in [5, 5.41) is 6.28. The fourth-order valence-electron chi connectivity index (χ4n) is 2.27. The predicted molar refractivity (Wildman–Crippen MR) is 100 cm³/mol. The van der Waals surface area contributed by atoms with Gasteiger partial charge in [0.25, 0.3) is 5.56 Å². The summed E-state index contributed by atoms with van der Waals surface area (Å²) in [5.41, 5.74) is 2.18. The van der Waals surface area contributed by atoms with E-state index in [4.69, 9.17) is 0 Å².